The monoisotopic (exact) mass is 340 g/mol. The van der Waals surface area contributed by atoms with Gasteiger partial charge in [0.05, 0.1) is 6.04 Å². The molecule has 1 aliphatic carbocycles. The minimum Gasteiger partial charge on any atom is -0.396 e. The lowest BCUT2D eigenvalue weighted by Gasteiger charge is -2.18. The smallest absolute Gasteiger partial charge is 0.315 e. The number of carbonyl (C=O) groups excluding carboxylic acids is 1. The summed E-state index contributed by atoms with van der Waals surface area (Å²) < 4.78 is 1.08. The number of aryl methyl sites for hydroxylation is 1. The molecule has 1 aliphatic rings. The summed E-state index contributed by atoms with van der Waals surface area (Å²) in [5.74, 6) is 0. The zero-order chi connectivity index (χ0) is 14.5. The summed E-state index contributed by atoms with van der Waals surface area (Å²) >= 11 is 3.47. The normalized spacial score (nSPS) is 18.4. The Hall–Kier alpha value is -1.07. The van der Waals surface area contributed by atoms with Gasteiger partial charge in [-0.3, -0.25) is 0 Å². The second-order valence-corrected chi connectivity index (χ2v) is 6.23. The molecule has 0 heterocycles. The van der Waals surface area contributed by atoms with Crippen molar-refractivity contribution in [2.45, 2.75) is 44.7 Å². The molecule has 1 aromatic rings. The van der Waals surface area contributed by atoms with Crippen LogP contribution in [0.3, 0.4) is 0 Å². The lowest BCUT2D eigenvalue weighted by Crippen LogP contribution is -2.42. The van der Waals surface area contributed by atoms with E-state index in [1.54, 1.807) is 0 Å². The molecule has 0 saturated carbocycles. The SMILES string of the molecule is CC(CCCO)NC(=O)NC1CCc2cc(Br)ccc21. The molecule has 1 aromatic carbocycles. The predicted octanol–water partition coefficient (Wildman–Crippen LogP) is 2.90. The van der Waals surface area contributed by atoms with Crippen LogP contribution < -0.4 is 10.6 Å². The van der Waals surface area contributed by atoms with Gasteiger partial charge in [-0.1, -0.05) is 22.0 Å². The van der Waals surface area contributed by atoms with Crippen LogP contribution in [0.4, 0.5) is 4.79 Å². The van der Waals surface area contributed by atoms with Crippen LogP contribution in [0.25, 0.3) is 0 Å². The number of aliphatic hydroxyl groups excluding tert-OH is 1. The molecular weight excluding hydrogens is 320 g/mol. The Morgan fingerprint density at radius 3 is 3.10 bits per heavy atom. The number of amides is 2. The fourth-order valence-electron chi connectivity index (χ4n) is 2.63. The maximum atomic E-state index is 12.0. The number of urea groups is 1. The number of nitrogens with one attached hydrogen (secondary N) is 2. The van der Waals surface area contributed by atoms with Gasteiger partial charge < -0.3 is 15.7 Å². The van der Waals surface area contributed by atoms with Crippen molar-refractivity contribution in [1.82, 2.24) is 10.6 Å². The van der Waals surface area contributed by atoms with E-state index in [2.05, 4.69) is 38.7 Å². The van der Waals surface area contributed by atoms with Crippen LogP contribution >= 0.6 is 15.9 Å². The number of hydrogen-bond donors (Lipinski definition) is 3. The van der Waals surface area contributed by atoms with Gasteiger partial charge in [0.2, 0.25) is 0 Å². The molecule has 0 fully saturated rings. The Balaban J connectivity index is 1.88. The van der Waals surface area contributed by atoms with Gasteiger partial charge in [-0.05, 0) is 55.9 Å². The van der Waals surface area contributed by atoms with Crippen molar-refractivity contribution in [2.75, 3.05) is 6.61 Å². The van der Waals surface area contributed by atoms with E-state index in [-0.39, 0.29) is 24.7 Å². The summed E-state index contributed by atoms with van der Waals surface area (Å²) in [6.45, 7) is 2.12. The zero-order valence-electron chi connectivity index (χ0n) is 11.7. The second-order valence-electron chi connectivity index (χ2n) is 5.32. The van der Waals surface area contributed by atoms with Gasteiger partial charge in [-0.15, -0.1) is 0 Å². The van der Waals surface area contributed by atoms with Crippen molar-refractivity contribution >= 4 is 22.0 Å². The molecule has 3 N–H and O–H groups in total. The molecule has 2 unspecified atom stereocenters. The highest BCUT2D eigenvalue weighted by Gasteiger charge is 2.24. The van der Waals surface area contributed by atoms with Crippen LogP contribution in [0, 0.1) is 0 Å². The van der Waals surface area contributed by atoms with Gasteiger partial charge in [-0.2, -0.15) is 0 Å². The fourth-order valence-corrected chi connectivity index (χ4v) is 3.04. The standard InChI is InChI=1S/C15H21BrN2O2/c1-10(3-2-8-19)17-15(20)18-14-7-4-11-9-12(16)5-6-13(11)14/h5-6,9-10,14,19H,2-4,7-8H2,1H3,(H2,17,18,20). The van der Waals surface area contributed by atoms with Crippen LogP contribution in [-0.2, 0) is 6.42 Å². The first-order chi connectivity index (χ1) is 9.60. The third-order valence-electron chi connectivity index (χ3n) is 3.66. The number of rotatable bonds is 5. The van der Waals surface area contributed by atoms with E-state index < -0.39 is 0 Å². The maximum Gasteiger partial charge on any atom is 0.315 e. The molecular formula is C15H21BrN2O2. The number of carbonyl (C=O) groups is 1. The highest BCUT2D eigenvalue weighted by Crippen LogP contribution is 2.32. The molecule has 0 bridgehead atoms. The maximum absolute atomic E-state index is 12.0. The van der Waals surface area contributed by atoms with Gasteiger partial charge in [0.1, 0.15) is 0 Å². The molecule has 0 aromatic heterocycles. The first kappa shape index (κ1) is 15.3. The van der Waals surface area contributed by atoms with Crippen molar-refractivity contribution in [1.29, 1.82) is 0 Å². The molecule has 20 heavy (non-hydrogen) atoms. The van der Waals surface area contributed by atoms with Gasteiger partial charge in [0.25, 0.3) is 0 Å². The molecule has 0 saturated heterocycles. The molecule has 5 heteroatoms. The molecule has 2 atom stereocenters. The third-order valence-corrected chi connectivity index (χ3v) is 4.15. The van der Waals surface area contributed by atoms with E-state index in [0.717, 1.165) is 23.7 Å². The Kier molecular flexibility index (Phi) is 5.43. The minimum atomic E-state index is -0.129. The number of hydrogen-bond acceptors (Lipinski definition) is 2. The average Bonchev–Trinajstić information content (AvgIpc) is 2.78. The van der Waals surface area contributed by atoms with E-state index in [1.807, 2.05) is 13.0 Å². The second kappa shape index (κ2) is 7.09. The van der Waals surface area contributed by atoms with E-state index in [1.165, 1.54) is 11.1 Å². The summed E-state index contributed by atoms with van der Waals surface area (Å²) in [5.41, 5.74) is 2.52. The Labute approximate surface area is 128 Å². The summed E-state index contributed by atoms with van der Waals surface area (Å²) in [5, 5.41) is 14.7. The largest absolute Gasteiger partial charge is 0.396 e. The van der Waals surface area contributed by atoms with Crippen LogP contribution in [-0.4, -0.2) is 23.8 Å². The summed E-state index contributed by atoms with van der Waals surface area (Å²) in [4.78, 5) is 12.0. The average molecular weight is 341 g/mol. The molecule has 2 amide bonds. The van der Waals surface area contributed by atoms with E-state index in [0.29, 0.717) is 6.42 Å². The Morgan fingerprint density at radius 1 is 1.55 bits per heavy atom. The number of aliphatic hydroxyl groups is 1. The molecule has 0 radical (unpaired) electrons. The van der Waals surface area contributed by atoms with Gasteiger partial charge in [0, 0.05) is 17.1 Å². The first-order valence-corrected chi connectivity index (χ1v) is 7.85. The lowest BCUT2D eigenvalue weighted by atomic mass is 10.1. The summed E-state index contributed by atoms with van der Waals surface area (Å²) in [7, 11) is 0. The lowest BCUT2D eigenvalue weighted by molar-refractivity contribution is 0.230. The quantitative estimate of drug-likeness (QED) is 0.771. The van der Waals surface area contributed by atoms with Crippen LogP contribution in [0.1, 0.15) is 43.4 Å². The van der Waals surface area contributed by atoms with Gasteiger partial charge in [0.15, 0.2) is 0 Å². The summed E-state index contributed by atoms with van der Waals surface area (Å²) in [6.07, 6.45) is 3.45. The van der Waals surface area contributed by atoms with Crippen molar-refractivity contribution in [3.63, 3.8) is 0 Å². The predicted molar refractivity (Wildman–Crippen MR) is 82.7 cm³/mol. The topological polar surface area (TPSA) is 61.4 Å². The van der Waals surface area contributed by atoms with Crippen LogP contribution in [0.2, 0.25) is 0 Å². The van der Waals surface area contributed by atoms with Crippen molar-refractivity contribution in [3.05, 3.63) is 33.8 Å². The van der Waals surface area contributed by atoms with Crippen LogP contribution in [0.15, 0.2) is 22.7 Å². The molecule has 4 nitrogen and oxygen atoms in total. The molecule has 2 rings (SSSR count). The zero-order valence-corrected chi connectivity index (χ0v) is 13.2. The molecule has 0 spiro atoms. The van der Waals surface area contributed by atoms with Crippen molar-refractivity contribution in [2.24, 2.45) is 0 Å². The van der Waals surface area contributed by atoms with Crippen molar-refractivity contribution in [3.8, 4) is 0 Å². The van der Waals surface area contributed by atoms with Gasteiger partial charge >= 0.3 is 6.03 Å². The minimum absolute atomic E-state index is 0.0768. The number of benzene rings is 1. The highest BCUT2D eigenvalue weighted by molar-refractivity contribution is 9.10. The van der Waals surface area contributed by atoms with E-state index >= 15 is 0 Å². The fraction of sp³-hybridized carbons (Fsp3) is 0.533. The summed E-state index contributed by atoms with van der Waals surface area (Å²) in [6, 6.07) is 6.26. The van der Waals surface area contributed by atoms with Crippen molar-refractivity contribution < 1.29 is 9.90 Å². The van der Waals surface area contributed by atoms with E-state index in [4.69, 9.17) is 5.11 Å². The Morgan fingerprint density at radius 2 is 2.35 bits per heavy atom. The molecule has 110 valence electrons. The van der Waals surface area contributed by atoms with Crippen LogP contribution in [0.5, 0.6) is 0 Å². The number of fused-ring (bicyclic) bond motifs is 1. The highest BCUT2D eigenvalue weighted by atomic mass is 79.9. The third kappa shape index (κ3) is 3.96. The van der Waals surface area contributed by atoms with E-state index in [9.17, 15) is 4.79 Å². The molecule has 0 aliphatic heterocycles. The number of halogens is 1. The van der Waals surface area contributed by atoms with Gasteiger partial charge in [-0.25, -0.2) is 4.79 Å². The first-order valence-electron chi connectivity index (χ1n) is 7.06. The Bertz CT molecular complexity index is 479.